The van der Waals surface area contributed by atoms with E-state index in [4.69, 9.17) is 4.74 Å². The van der Waals surface area contributed by atoms with E-state index in [0.29, 0.717) is 11.9 Å². The maximum Gasteiger partial charge on any atom is 0.317 e. The Balaban J connectivity index is 2.74. The van der Waals surface area contributed by atoms with Crippen LogP contribution in [-0.4, -0.2) is 22.8 Å². The second kappa shape index (κ2) is 6.57. The number of thiazole rings is 1. The molecule has 1 aromatic rings. The summed E-state index contributed by atoms with van der Waals surface area (Å²) in [6.07, 6.45) is 0. The van der Waals surface area contributed by atoms with Gasteiger partial charge in [0.25, 0.3) is 0 Å². The molecule has 0 radical (unpaired) electrons. The molecule has 0 saturated carbocycles. The Kier molecular flexibility index (Phi) is 5.66. The van der Waals surface area contributed by atoms with Gasteiger partial charge in [-0.2, -0.15) is 11.8 Å². The molecule has 0 fully saturated rings. The van der Waals surface area contributed by atoms with E-state index in [0.717, 1.165) is 16.5 Å². The Morgan fingerprint density at radius 1 is 1.56 bits per heavy atom. The molecule has 0 aliphatic carbocycles. The van der Waals surface area contributed by atoms with Gasteiger partial charge < -0.3 is 4.74 Å². The second-order valence-electron chi connectivity index (χ2n) is 4.83. The summed E-state index contributed by atoms with van der Waals surface area (Å²) in [5.74, 6) is 0.694. The minimum Gasteiger partial charge on any atom is -0.465 e. The second-order valence-corrected chi connectivity index (χ2v) is 7.34. The van der Waals surface area contributed by atoms with Crippen molar-refractivity contribution in [2.45, 2.75) is 51.0 Å². The van der Waals surface area contributed by atoms with Crippen LogP contribution in [0.3, 0.4) is 0 Å². The summed E-state index contributed by atoms with van der Waals surface area (Å²) in [7, 11) is 0. The van der Waals surface area contributed by atoms with Crippen molar-refractivity contribution in [1.82, 2.24) is 4.98 Å². The molecule has 0 aromatic carbocycles. The molecule has 1 heterocycles. The third kappa shape index (κ3) is 3.99. The molecule has 0 N–H and O–H groups in total. The van der Waals surface area contributed by atoms with Crippen LogP contribution in [0.15, 0.2) is 5.38 Å². The van der Waals surface area contributed by atoms with Gasteiger partial charge in [-0.25, -0.2) is 4.98 Å². The molecule has 0 atom stereocenters. The van der Waals surface area contributed by atoms with E-state index in [1.165, 1.54) is 0 Å². The highest BCUT2D eigenvalue weighted by Crippen LogP contribution is 2.28. The van der Waals surface area contributed by atoms with Gasteiger partial charge in [0.05, 0.1) is 12.3 Å². The fraction of sp³-hybridized carbons (Fsp3) is 0.692. The standard InChI is InChI=1S/C13H21NO2S2/c1-6-16-12(15)13(4,5)10-7-18-11(14-10)8-17-9(2)3/h7,9H,6,8H2,1-5H3. The van der Waals surface area contributed by atoms with Gasteiger partial charge >= 0.3 is 5.97 Å². The van der Waals surface area contributed by atoms with E-state index >= 15 is 0 Å². The lowest BCUT2D eigenvalue weighted by Crippen LogP contribution is -2.31. The minimum atomic E-state index is -0.659. The maximum absolute atomic E-state index is 11.9. The van der Waals surface area contributed by atoms with Crippen molar-refractivity contribution in [3.8, 4) is 0 Å². The van der Waals surface area contributed by atoms with E-state index < -0.39 is 5.41 Å². The molecule has 0 unspecified atom stereocenters. The number of hydrogen-bond donors (Lipinski definition) is 0. The topological polar surface area (TPSA) is 39.2 Å². The Morgan fingerprint density at radius 3 is 2.78 bits per heavy atom. The summed E-state index contributed by atoms with van der Waals surface area (Å²) in [5.41, 5.74) is 0.151. The predicted molar refractivity (Wildman–Crippen MR) is 78.2 cm³/mol. The summed E-state index contributed by atoms with van der Waals surface area (Å²) >= 11 is 3.47. The number of aromatic nitrogens is 1. The van der Waals surface area contributed by atoms with Gasteiger partial charge in [0.2, 0.25) is 0 Å². The average Bonchev–Trinajstić information content (AvgIpc) is 2.75. The van der Waals surface area contributed by atoms with Crippen molar-refractivity contribution in [3.63, 3.8) is 0 Å². The Labute approximate surface area is 117 Å². The molecule has 0 aliphatic heterocycles. The molecule has 18 heavy (non-hydrogen) atoms. The summed E-state index contributed by atoms with van der Waals surface area (Å²) < 4.78 is 5.09. The monoisotopic (exact) mass is 287 g/mol. The molecule has 1 aromatic heterocycles. The van der Waals surface area contributed by atoms with Crippen molar-refractivity contribution in [2.24, 2.45) is 0 Å². The first-order valence-electron chi connectivity index (χ1n) is 6.11. The zero-order valence-corrected chi connectivity index (χ0v) is 13.3. The zero-order chi connectivity index (χ0) is 13.8. The van der Waals surface area contributed by atoms with Crippen LogP contribution in [0.5, 0.6) is 0 Å². The lowest BCUT2D eigenvalue weighted by atomic mass is 9.90. The van der Waals surface area contributed by atoms with Crippen LogP contribution in [0.1, 0.15) is 45.3 Å². The van der Waals surface area contributed by atoms with Crippen LogP contribution < -0.4 is 0 Å². The number of esters is 1. The summed E-state index contributed by atoms with van der Waals surface area (Å²) in [5, 5.41) is 3.63. The van der Waals surface area contributed by atoms with Crippen molar-refractivity contribution in [2.75, 3.05) is 6.61 Å². The Bertz CT molecular complexity index is 399. The van der Waals surface area contributed by atoms with Gasteiger partial charge in [0.15, 0.2) is 0 Å². The van der Waals surface area contributed by atoms with Gasteiger partial charge in [0.1, 0.15) is 10.4 Å². The molecule has 0 bridgehead atoms. The van der Waals surface area contributed by atoms with Crippen LogP contribution in [-0.2, 0) is 20.7 Å². The molecule has 5 heteroatoms. The van der Waals surface area contributed by atoms with Crippen LogP contribution in [0, 0.1) is 0 Å². The van der Waals surface area contributed by atoms with Gasteiger partial charge in [0, 0.05) is 11.1 Å². The van der Waals surface area contributed by atoms with Crippen molar-refractivity contribution in [3.05, 3.63) is 16.1 Å². The van der Waals surface area contributed by atoms with E-state index in [2.05, 4.69) is 18.8 Å². The highest BCUT2D eigenvalue weighted by atomic mass is 32.2. The average molecular weight is 287 g/mol. The normalized spacial score (nSPS) is 11.9. The van der Waals surface area contributed by atoms with Crippen molar-refractivity contribution < 1.29 is 9.53 Å². The summed E-state index contributed by atoms with van der Waals surface area (Å²) in [6.45, 7) is 10.3. The van der Waals surface area contributed by atoms with Crippen LogP contribution in [0.2, 0.25) is 0 Å². The van der Waals surface area contributed by atoms with Gasteiger partial charge in [-0.1, -0.05) is 13.8 Å². The molecule has 0 amide bonds. The van der Waals surface area contributed by atoms with Crippen LogP contribution >= 0.6 is 23.1 Å². The number of nitrogens with zero attached hydrogens (tertiary/aromatic N) is 1. The largest absolute Gasteiger partial charge is 0.465 e. The lowest BCUT2D eigenvalue weighted by molar-refractivity contribution is -0.148. The molecule has 0 spiro atoms. The zero-order valence-electron chi connectivity index (χ0n) is 11.6. The van der Waals surface area contributed by atoms with Gasteiger partial charge in [-0.3, -0.25) is 4.79 Å². The molecule has 0 saturated heterocycles. The van der Waals surface area contributed by atoms with Crippen molar-refractivity contribution >= 4 is 29.1 Å². The molecule has 102 valence electrons. The fourth-order valence-electron chi connectivity index (χ4n) is 1.32. The predicted octanol–water partition coefficient (Wildman–Crippen LogP) is 3.63. The first kappa shape index (κ1) is 15.5. The number of carbonyl (C=O) groups excluding carboxylic acids is 1. The fourth-order valence-corrected chi connectivity index (χ4v) is 3.08. The van der Waals surface area contributed by atoms with Gasteiger partial charge in [-0.05, 0) is 26.0 Å². The number of ether oxygens (including phenoxy) is 1. The van der Waals surface area contributed by atoms with E-state index in [9.17, 15) is 4.79 Å². The SMILES string of the molecule is CCOC(=O)C(C)(C)c1csc(CSC(C)C)n1. The Hall–Kier alpha value is -0.550. The smallest absolute Gasteiger partial charge is 0.317 e. The van der Waals surface area contributed by atoms with Crippen molar-refractivity contribution in [1.29, 1.82) is 0 Å². The number of carbonyl (C=O) groups is 1. The third-order valence-electron chi connectivity index (χ3n) is 2.52. The Morgan fingerprint density at radius 2 is 2.22 bits per heavy atom. The van der Waals surface area contributed by atoms with E-state index in [-0.39, 0.29) is 5.97 Å². The van der Waals surface area contributed by atoms with Gasteiger partial charge in [-0.15, -0.1) is 11.3 Å². The molecule has 0 aliphatic rings. The highest BCUT2D eigenvalue weighted by molar-refractivity contribution is 7.99. The summed E-state index contributed by atoms with van der Waals surface area (Å²) in [6, 6.07) is 0. The molecular weight excluding hydrogens is 266 g/mol. The maximum atomic E-state index is 11.9. The highest BCUT2D eigenvalue weighted by Gasteiger charge is 2.33. The first-order valence-corrected chi connectivity index (χ1v) is 8.04. The minimum absolute atomic E-state index is 0.210. The number of rotatable bonds is 6. The molecular formula is C13H21NO2S2. The van der Waals surface area contributed by atoms with E-state index in [1.54, 1.807) is 11.3 Å². The lowest BCUT2D eigenvalue weighted by Gasteiger charge is -2.19. The number of hydrogen-bond acceptors (Lipinski definition) is 5. The van der Waals surface area contributed by atoms with Crippen LogP contribution in [0.25, 0.3) is 0 Å². The number of thioether (sulfide) groups is 1. The molecule has 3 nitrogen and oxygen atoms in total. The molecule has 1 rings (SSSR count). The van der Waals surface area contributed by atoms with E-state index in [1.807, 2.05) is 37.9 Å². The summed E-state index contributed by atoms with van der Waals surface area (Å²) in [4.78, 5) is 16.4. The third-order valence-corrected chi connectivity index (χ3v) is 4.66. The van der Waals surface area contributed by atoms with Crippen LogP contribution in [0.4, 0.5) is 0 Å². The first-order chi connectivity index (χ1) is 8.37. The quantitative estimate of drug-likeness (QED) is 0.749.